The van der Waals surface area contributed by atoms with Gasteiger partial charge >= 0.3 is 0 Å². The fourth-order valence-corrected chi connectivity index (χ4v) is 0.564. The predicted octanol–water partition coefficient (Wildman–Crippen LogP) is -0.133. The molecule has 0 aliphatic rings. The monoisotopic (exact) mass is 126 g/mol. The van der Waals surface area contributed by atoms with Crippen molar-refractivity contribution in [1.29, 1.82) is 0 Å². The summed E-state index contributed by atoms with van der Waals surface area (Å²) < 4.78 is 0. The molecule has 9 heavy (non-hydrogen) atoms. The lowest BCUT2D eigenvalue weighted by molar-refractivity contribution is 0.716. The molecule has 4 nitrogen and oxygen atoms in total. The largest absolute Gasteiger partial charge is 0.330 e. The topological polar surface area (TPSA) is 67.6 Å². The molecule has 4 heteroatoms. The maximum atomic E-state index is 5.38. The number of hydrogen-bond donors (Lipinski definition) is 2. The second-order valence-electron chi connectivity index (χ2n) is 2.01. The summed E-state index contributed by atoms with van der Waals surface area (Å²) in [5.41, 5.74) is 5.38. The van der Waals surface area contributed by atoms with Crippen LogP contribution in [0.5, 0.6) is 0 Å². The summed E-state index contributed by atoms with van der Waals surface area (Å²) in [4.78, 5) is 3.94. The van der Waals surface area contributed by atoms with Gasteiger partial charge in [0.1, 0.15) is 12.2 Å². The van der Waals surface area contributed by atoms with E-state index < -0.39 is 0 Å². The second kappa shape index (κ2) is 2.59. The van der Waals surface area contributed by atoms with E-state index in [-0.39, 0.29) is 5.92 Å². The molecule has 1 rings (SSSR count). The zero-order valence-corrected chi connectivity index (χ0v) is 5.33. The Morgan fingerprint density at radius 3 is 3.11 bits per heavy atom. The van der Waals surface area contributed by atoms with Gasteiger partial charge in [0, 0.05) is 12.5 Å². The maximum absolute atomic E-state index is 5.38. The average molecular weight is 126 g/mol. The van der Waals surface area contributed by atoms with Gasteiger partial charge in [-0.25, -0.2) is 4.98 Å². The molecule has 0 fully saturated rings. The fourth-order valence-electron chi connectivity index (χ4n) is 0.564. The lowest BCUT2D eigenvalue weighted by Gasteiger charge is -2.00. The van der Waals surface area contributed by atoms with Crippen LogP contribution in [0.3, 0.4) is 0 Å². The first-order valence-corrected chi connectivity index (χ1v) is 2.90. The van der Waals surface area contributed by atoms with Gasteiger partial charge in [-0.1, -0.05) is 6.92 Å². The Hall–Kier alpha value is -0.900. The number of aromatic nitrogens is 3. The van der Waals surface area contributed by atoms with Crippen LogP contribution >= 0.6 is 0 Å². The van der Waals surface area contributed by atoms with Crippen LogP contribution < -0.4 is 5.73 Å². The van der Waals surface area contributed by atoms with E-state index in [9.17, 15) is 0 Å². The summed E-state index contributed by atoms with van der Waals surface area (Å²) in [6.07, 6.45) is 1.49. The molecular weight excluding hydrogens is 116 g/mol. The summed E-state index contributed by atoms with van der Waals surface area (Å²) in [7, 11) is 0. The van der Waals surface area contributed by atoms with Crippen LogP contribution in [-0.4, -0.2) is 21.7 Å². The van der Waals surface area contributed by atoms with E-state index in [1.54, 1.807) is 0 Å². The highest BCUT2D eigenvalue weighted by Crippen LogP contribution is 2.03. The Morgan fingerprint density at radius 1 is 1.89 bits per heavy atom. The van der Waals surface area contributed by atoms with Crippen LogP contribution in [0, 0.1) is 0 Å². The fraction of sp³-hybridized carbons (Fsp3) is 0.600. The van der Waals surface area contributed by atoms with E-state index in [0.29, 0.717) is 6.54 Å². The Kier molecular flexibility index (Phi) is 1.79. The molecule has 0 spiro atoms. The van der Waals surface area contributed by atoms with Crippen molar-refractivity contribution in [3.8, 4) is 0 Å². The molecular formula is C5H10N4. The molecule has 1 aromatic heterocycles. The van der Waals surface area contributed by atoms with Gasteiger partial charge in [0.2, 0.25) is 0 Å². The quantitative estimate of drug-likeness (QED) is 0.580. The van der Waals surface area contributed by atoms with Gasteiger partial charge in [-0.05, 0) is 0 Å². The lowest BCUT2D eigenvalue weighted by Crippen LogP contribution is -2.10. The highest BCUT2D eigenvalue weighted by atomic mass is 15.2. The van der Waals surface area contributed by atoms with Crippen molar-refractivity contribution in [3.05, 3.63) is 12.2 Å². The third kappa shape index (κ3) is 1.26. The number of nitrogens with two attached hydrogens (primary N) is 1. The standard InChI is InChI=1S/C5H10N4/c1-4(2-6)5-7-3-8-9-5/h3-4H,2,6H2,1H3,(H,7,8,9). The van der Waals surface area contributed by atoms with E-state index >= 15 is 0 Å². The van der Waals surface area contributed by atoms with Crippen molar-refractivity contribution < 1.29 is 0 Å². The van der Waals surface area contributed by atoms with E-state index in [4.69, 9.17) is 5.73 Å². The highest BCUT2D eigenvalue weighted by Gasteiger charge is 2.03. The lowest BCUT2D eigenvalue weighted by atomic mass is 10.2. The van der Waals surface area contributed by atoms with Gasteiger partial charge in [-0.2, -0.15) is 5.10 Å². The molecule has 0 aliphatic carbocycles. The molecule has 1 atom stereocenters. The molecule has 0 amide bonds. The minimum Gasteiger partial charge on any atom is -0.330 e. The van der Waals surface area contributed by atoms with Crippen LogP contribution in [0.1, 0.15) is 18.7 Å². The van der Waals surface area contributed by atoms with E-state index in [1.807, 2.05) is 6.92 Å². The van der Waals surface area contributed by atoms with Crippen LogP contribution in [0.4, 0.5) is 0 Å². The number of nitrogens with zero attached hydrogens (tertiary/aromatic N) is 2. The molecule has 1 heterocycles. The third-order valence-electron chi connectivity index (χ3n) is 1.25. The van der Waals surface area contributed by atoms with Gasteiger partial charge in [-0.3, -0.25) is 5.10 Å². The molecule has 0 radical (unpaired) electrons. The van der Waals surface area contributed by atoms with Crippen molar-refractivity contribution in [2.45, 2.75) is 12.8 Å². The molecule has 1 aromatic rings. The van der Waals surface area contributed by atoms with Gasteiger partial charge < -0.3 is 5.73 Å². The Bertz CT molecular complexity index is 157. The van der Waals surface area contributed by atoms with Crippen molar-refractivity contribution in [2.24, 2.45) is 5.73 Å². The maximum Gasteiger partial charge on any atom is 0.137 e. The Labute approximate surface area is 53.5 Å². The number of H-pyrrole nitrogens is 1. The van der Waals surface area contributed by atoms with Crippen LogP contribution in [0.2, 0.25) is 0 Å². The molecule has 50 valence electrons. The van der Waals surface area contributed by atoms with Gasteiger partial charge in [0.25, 0.3) is 0 Å². The summed E-state index contributed by atoms with van der Waals surface area (Å²) >= 11 is 0. The molecule has 0 bridgehead atoms. The SMILES string of the molecule is CC(CN)c1ncn[nH]1. The van der Waals surface area contributed by atoms with Crippen molar-refractivity contribution in [3.63, 3.8) is 0 Å². The van der Waals surface area contributed by atoms with Gasteiger partial charge in [0.05, 0.1) is 0 Å². The van der Waals surface area contributed by atoms with E-state index in [1.165, 1.54) is 6.33 Å². The molecule has 0 saturated heterocycles. The predicted molar refractivity (Wildman–Crippen MR) is 33.9 cm³/mol. The normalized spacial score (nSPS) is 13.6. The van der Waals surface area contributed by atoms with Gasteiger partial charge in [0.15, 0.2) is 0 Å². The zero-order chi connectivity index (χ0) is 6.69. The number of aromatic amines is 1. The summed E-state index contributed by atoms with van der Waals surface area (Å²) in [5, 5.41) is 6.45. The first-order valence-electron chi connectivity index (χ1n) is 2.90. The minimum absolute atomic E-state index is 0.285. The summed E-state index contributed by atoms with van der Waals surface area (Å²) in [6, 6.07) is 0. The number of nitrogens with one attached hydrogen (secondary N) is 1. The summed E-state index contributed by atoms with van der Waals surface area (Å²) in [5.74, 6) is 1.14. The first kappa shape index (κ1) is 6.22. The molecule has 0 aliphatic heterocycles. The second-order valence-corrected chi connectivity index (χ2v) is 2.01. The van der Waals surface area contributed by atoms with Crippen LogP contribution in [-0.2, 0) is 0 Å². The van der Waals surface area contributed by atoms with Crippen LogP contribution in [0.25, 0.3) is 0 Å². The first-order chi connectivity index (χ1) is 4.34. The van der Waals surface area contributed by atoms with Crippen LogP contribution in [0.15, 0.2) is 6.33 Å². The number of rotatable bonds is 2. The zero-order valence-electron chi connectivity index (χ0n) is 5.33. The van der Waals surface area contributed by atoms with Gasteiger partial charge in [-0.15, -0.1) is 0 Å². The highest BCUT2D eigenvalue weighted by molar-refractivity contribution is 4.90. The smallest absolute Gasteiger partial charge is 0.137 e. The minimum atomic E-state index is 0.285. The Morgan fingerprint density at radius 2 is 2.67 bits per heavy atom. The molecule has 0 aromatic carbocycles. The van der Waals surface area contributed by atoms with Crippen molar-refractivity contribution >= 4 is 0 Å². The van der Waals surface area contributed by atoms with Crippen molar-refractivity contribution in [1.82, 2.24) is 15.2 Å². The summed E-state index contributed by atoms with van der Waals surface area (Å²) in [6.45, 7) is 2.61. The van der Waals surface area contributed by atoms with E-state index in [2.05, 4.69) is 15.2 Å². The molecule has 3 N–H and O–H groups in total. The number of hydrogen-bond acceptors (Lipinski definition) is 3. The Balaban J connectivity index is 2.65. The van der Waals surface area contributed by atoms with Crippen molar-refractivity contribution in [2.75, 3.05) is 6.54 Å². The molecule has 0 saturated carbocycles. The third-order valence-corrected chi connectivity index (χ3v) is 1.25. The van der Waals surface area contributed by atoms with E-state index in [0.717, 1.165) is 5.82 Å². The molecule has 1 unspecified atom stereocenters. The average Bonchev–Trinajstić information content (AvgIpc) is 2.37.